The normalized spacial score (nSPS) is 16.1. The first-order valence-corrected chi connectivity index (χ1v) is 7.86. The van der Waals surface area contributed by atoms with Gasteiger partial charge in [-0.15, -0.1) is 0 Å². The highest BCUT2D eigenvalue weighted by Gasteiger charge is 2.33. The summed E-state index contributed by atoms with van der Waals surface area (Å²) in [4.78, 5) is 24.4. The highest BCUT2D eigenvalue weighted by molar-refractivity contribution is 8.26. The summed E-state index contributed by atoms with van der Waals surface area (Å²) >= 11 is 12.3. The molecule has 1 amide bonds. The Labute approximate surface area is 147 Å². The molecule has 1 aromatic carbocycles. The quantitative estimate of drug-likeness (QED) is 0.628. The lowest BCUT2D eigenvalue weighted by Crippen LogP contribution is -2.33. The van der Waals surface area contributed by atoms with Crippen molar-refractivity contribution in [1.82, 2.24) is 4.90 Å². The number of halogens is 1. The molecule has 1 heterocycles. The van der Waals surface area contributed by atoms with Crippen molar-refractivity contribution in [1.29, 1.82) is 0 Å². The van der Waals surface area contributed by atoms with Crippen LogP contribution in [0.2, 0.25) is 5.02 Å². The Morgan fingerprint density at radius 1 is 1.43 bits per heavy atom. The number of carbonyl (C=O) groups is 2. The molecule has 6 nitrogen and oxygen atoms in total. The molecule has 0 aliphatic carbocycles. The van der Waals surface area contributed by atoms with Crippen molar-refractivity contribution in [2.75, 3.05) is 20.8 Å². The molecule has 0 atom stereocenters. The monoisotopic (exact) mass is 373 g/mol. The fourth-order valence-electron chi connectivity index (χ4n) is 1.90. The molecule has 0 unspecified atom stereocenters. The number of hydrogen-bond acceptors (Lipinski definition) is 6. The number of carbonyl (C=O) groups excluding carboxylic acids is 1. The Bertz CT molecular complexity index is 719. The molecule has 2 rings (SSSR count). The lowest BCUT2D eigenvalue weighted by atomic mass is 10.1. The Kier molecular flexibility index (Phi) is 5.51. The molecule has 1 aromatic rings. The van der Waals surface area contributed by atoms with Gasteiger partial charge in [-0.25, -0.2) is 0 Å². The summed E-state index contributed by atoms with van der Waals surface area (Å²) in [5, 5.41) is 9.17. The predicted molar refractivity (Wildman–Crippen MR) is 92.1 cm³/mol. The largest absolute Gasteiger partial charge is 0.497 e. The van der Waals surface area contributed by atoms with Crippen LogP contribution in [0.4, 0.5) is 0 Å². The van der Waals surface area contributed by atoms with E-state index in [1.54, 1.807) is 12.1 Å². The molecule has 0 spiro atoms. The van der Waals surface area contributed by atoms with Crippen molar-refractivity contribution in [2.24, 2.45) is 0 Å². The number of thiocarbonyl (C=S) groups is 1. The number of amides is 1. The maximum Gasteiger partial charge on any atom is 0.323 e. The van der Waals surface area contributed by atoms with E-state index in [1.165, 1.54) is 20.3 Å². The average molecular weight is 374 g/mol. The highest BCUT2D eigenvalue weighted by atomic mass is 35.5. The minimum absolute atomic E-state index is 0.187. The van der Waals surface area contributed by atoms with E-state index in [2.05, 4.69) is 0 Å². The number of methoxy groups -OCH3 is 2. The van der Waals surface area contributed by atoms with Crippen LogP contribution >= 0.6 is 35.6 Å². The third kappa shape index (κ3) is 3.77. The van der Waals surface area contributed by atoms with Gasteiger partial charge in [0.05, 0.1) is 24.1 Å². The van der Waals surface area contributed by atoms with Gasteiger partial charge in [-0.1, -0.05) is 35.6 Å². The number of benzene rings is 1. The third-order valence-corrected chi connectivity index (χ3v) is 4.65. The third-order valence-electron chi connectivity index (χ3n) is 2.96. The number of nitrogens with zero attached hydrogens (tertiary/aromatic N) is 1. The standard InChI is InChI=1S/C14H12ClNO5S2/c1-20-7-3-9(15)8(10(4-7)21-2)5-11-13(19)16(6-12(17)18)14(22)23-11/h3-5H,6H2,1-2H3,(H,17,18)/b11-5-. The van der Waals surface area contributed by atoms with Crippen LogP contribution in [0.3, 0.4) is 0 Å². The molecule has 1 aliphatic heterocycles. The van der Waals surface area contributed by atoms with E-state index in [4.69, 9.17) is 38.4 Å². The summed E-state index contributed by atoms with van der Waals surface area (Å²) in [6, 6.07) is 3.23. The van der Waals surface area contributed by atoms with Gasteiger partial charge < -0.3 is 14.6 Å². The van der Waals surface area contributed by atoms with Crippen LogP contribution in [-0.2, 0) is 9.59 Å². The molecular formula is C14H12ClNO5S2. The van der Waals surface area contributed by atoms with Gasteiger partial charge in [0.1, 0.15) is 22.4 Å². The van der Waals surface area contributed by atoms with Crippen molar-refractivity contribution >= 4 is 57.9 Å². The van der Waals surface area contributed by atoms with Gasteiger partial charge in [-0.05, 0) is 12.1 Å². The summed E-state index contributed by atoms with van der Waals surface area (Å²) in [5.74, 6) is -0.667. The second-order valence-corrected chi connectivity index (χ2v) is 6.47. The minimum Gasteiger partial charge on any atom is -0.497 e. The van der Waals surface area contributed by atoms with Crippen molar-refractivity contribution in [3.63, 3.8) is 0 Å². The molecule has 0 radical (unpaired) electrons. The van der Waals surface area contributed by atoms with E-state index in [9.17, 15) is 9.59 Å². The Morgan fingerprint density at radius 3 is 2.70 bits per heavy atom. The van der Waals surface area contributed by atoms with Crippen molar-refractivity contribution in [3.05, 3.63) is 27.6 Å². The van der Waals surface area contributed by atoms with Gasteiger partial charge in [0, 0.05) is 11.6 Å². The lowest BCUT2D eigenvalue weighted by molar-refractivity contribution is -0.140. The summed E-state index contributed by atoms with van der Waals surface area (Å²) in [7, 11) is 2.97. The first-order valence-electron chi connectivity index (χ1n) is 6.26. The molecule has 0 saturated carbocycles. The van der Waals surface area contributed by atoms with Crippen LogP contribution in [0, 0.1) is 0 Å². The van der Waals surface area contributed by atoms with Gasteiger partial charge in [0.25, 0.3) is 5.91 Å². The highest BCUT2D eigenvalue weighted by Crippen LogP contribution is 2.38. The number of hydrogen-bond donors (Lipinski definition) is 1. The smallest absolute Gasteiger partial charge is 0.323 e. The van der Waals surface area contributed by atoms with E-state index in [1.807, 2.05) is 0 Å². The van der Waals surface area contributed by atoms with Crippen molar-refractivity contribution < 1.29 is 24.2 Å². The van der Waals surface area contributed by atoms with E-state index < -0.39 is 18.4 Å². The molecule has 0 bridgehead atoms. The predicted octanol–water partition coefficient (Wildman–Crippen LogP) is 2.64. The number of thioether (sulfide) groups is 1. The average Bonchev–Trinajstić information content (AvgIpc) is 2.76. The maximum absolute atomic E-state index is 12.3. The molecule has 1 saturated heterocycles. The topological polar surface area (TPSA) is 76.1 Å². The number of carboxylic acids is 1. The summed E-state index contributed by atoms with van der Waals surface area (Å²) < 4.78 is 10.6. The fourth-order valence-corrected chi connectivity index (χ4v) is 3.39. The molecule has 23 heavy (non-hydrogen) atoms. The Morgan fingerprint density at radius 2 is 2.13 bits per heavy atom. The number of aliphatic carboxylic acids is 1. The summed E-state index contributed by atoms with van der Waals surface area (Å²) in [6.07, 6.45) is 1.53. The van der Waals surface area contributed by atoms with Crippen LogP contribution in [-0.4, -0.2) is 47.0 Å². The van der Waals surface area contributed by atoms with Gasteiger partial charge in [0.15, 0.2) is 0 Å². The molecule has 0 aromatic heterocycles. The zero-order valence-corrected chi connectivity index (χ0v) is 14.5. The number of ether oxygens (including phenoxy) is 2. The lowest BCUT2D eigenvalue weighted by Gasteiger charge is -2.11. The van der Waals surface area contributed by atoms with Gasteiger partial charge >= 0.3 is 5.97 Å². The second kappa shape index (κ2) is 7.20. The summed E-state index contributed by atoms with van der Waals surface area (Å²) in [6.45, 7) is -0.477. The maximum atomic E-state index is 12.3. The fraction of sp³-hybridized carbons (Fsp3) is 0.214. The first-order chi connectivity index (χ1) is 10.9. The minimum atomic E-state index is -1.14. The van der Waals surface area contributed by atoms with E-state index >= 15 is 0 Å². The van der Waals surface area contributed by atoms with E-state index in [-0.39, 0.29) is 9.23 Å². The van der Waals surface area contributed by atoms with Crippen LogP contribution in [0.1, 0.15) is 5.56 Å². The van der Waals surface area contributed by atoms with Crippen LogP contribution in [0.5, 0.6) is 11.5 Å². The molecule has 1 fully saturated rings. The van der Waals surface area contributed by atoms with Gasteiger partial charge in [-0.2, -0.15) is 0 Å². The second-order valence-electron chi connectivity index (χ2n) is 4.39. The summed E-state index contributed by atoms with van der Waals surface area (Å²) in [5.41, 5.74) is 0.491. The van der Waals surface area contributed by atoms with Crippen molar-refractivity contribution in [3.8, 4) is 11.5 Å². The SMILES string of the molecule is COc1cc(Cl)c(/C=C2\SC(=S)N(CC(=O)O)C2=O)c(OC)c1. The molecule has 122 valence electrons. The van der Waals surface area contributed by atoms with Crippen molar-refractivity contribution in [2.45, 2.75) is 0 Å². The molecular weight excluding hydrogens is 362 g/mol. The zero-order valence-electron chi connectivity index (χ0n) is 12.2. The number of carboxylic acid groups (broad SMARTS) is 1. The first kappa shape index (κ1) is 17.6. The molecule has 1 N–H and O–H groups in total. The Hall–Kier alpha value is -1.77. The zero-order chi connectivity index (χ0) is 17.1. The molecule has 9 heteroatoms. The van der Waals surface area contributed by atoms with Gasteiger partial charge in [0.2, 0.25) is 0 Å². The van der Waals surface area contributed by atoms with E-state index in [0.717, 1.165) is 16.7 Å². The Balaban J connectivity index is 2.41. The van der Waals surface area contributed by atoms with Crippen LogP contribution in [0.15, 0.2) is 17.0 Å². The van der Waals surface area contributed by atoms with E-state index in [0.29, 0.717) is 22.1 Å². The molecule has 1 aliphatic rings. The van der Waals surface area contributed by atoms with Crippen LogP contribution < -0.4 is 9.47 Å². The van der Waals surface area contributed by atoms with Crippen LogP contribution in [0.25, 0.3) is 6.08 Å². The number of rotatable bonds is 5. The van der Waals surface area contributed by atoms with Gasteiger partial charge in [-0.3, -0.25) is 14.5 Å².